The first kappa shape index (κ1) is 14.4. The van der Waals surface area contributed by atoms with E-state index >= 15 is 0 Å². The third kappa shape index (κ3) is 3.71. The van der Waals surface area contributed by atoms with E-state index in [-0.39, 0.29) is 0 Å². The fourth-order valence-corrected chi connectivity index (χ4v) is 2.80. The molecule has 1 N–H and O–H groups in total. The van der Waals surface area contributed by atoms with Crippen LogP contribution < -0.4 is 10.2 Å². The Bertz CT molecular complexity index is 409. The molecule has 0 saturated carbocycles. The second-order valence-electron chi connectivity index (χ2n) is 5.57. The maximum absolute atomic E-state index is 5.83. The summed E-state index contributed by atoms with van der Waals surface area (Å²) in [7, 11) is 0. The summed E-state index contributed by atoms with van der Waals surface area (Å²) in [4.78, 5) is 2.46. The Morgan fingerprint density at radius 3 is 2.58 bits per heavy atom. The molecule has 2 unspecified atom stereocenters. The lowest BCUT2D eigenvalue weighted by atomic mass is 10.1. The Hall–Kier alpha value is -1.06. The van der Waals surface area contributed by atoms with Gasteiger partial charge in [-0.1, -0.05) is 24.6 Å². The predicted molar refractivity (Wildman–Crippen MR) is 80.8 cm³/mol. The van der Waals surface area contributed by atoms with Gasteiger partial charge in [0.25, 0.3) is 0 Å². The Labute approximate surface area is 116 Å². The number of ether oxygens (including phenoxy) is 1. The van der Waals surface area contributed by atoms with Gasteiger partial charge in [0.1, 0.15) is 0 Å². The third-order valence-electron chi connectivity index (χ3n) is 3.56. The first-order valence-electron chi connectivity index (χ1n) is 7.30. The Kier molecular flexibility index (Phi) is 4.83. The molecule has 19 heavy (non-hydrogen) atoms. The van der Waals surface area contributed by atoms with E-state index in [0.717, 1.165) is 26.2 Å². The molecular formula is C16H26N2O. The van der Waals surface area contributed by atoms with E-state index in [9.17, 15) is 0 Å². The second-order valence-corrected chi connectivity index (χ2v) is 5.57. The average Bonchev–Trinajstić information content (AvgIpc) is 2.35. The fourth-order valence-electron chi connectivity index (χ4n) is 2.80. The summed E-state index contributed by atoms with van der Waals surface area (Å²) in [5.41, 5.74) is 4.07. The lowest BCUT2D eigenvalue weighted by Crippen LogP contribution is -2.46. The van der Waals surface area contributed by atoms with Crippen LogP contribution in [0.3, 0.4) is 0 Å². The molecule has 0 aliphatic carbocycles. The van der Waals surface area contributed by atoms with E-state index in [1.807, 2.05) is 0 Å². The van der Waals surface area contributed by atoms with Gasteiger partial charge in [-0.15, -0.1) is 0 Å². The highest BCUT2D eigenvalue weighted by molar-refractivity contribution is 5.55. The van der Waals surface area contributed by atoms with Crippen LogP contribution in [-0.2, 0) is 11.3 Å². The summed E-state index contributed by atoms with van der Waals surface area (Å²) in [6.07, 6.45) is 0.606. The van der Waals surface area contributed by atoms with Crippen LogP contribution in [-0.4, -0.2) is 31.8 Å². The summed E-state index contributed by atoms with van der Waals surface area (Å²) >= 11 is 0. The average molecular weight is 262 g/mol. The predicted octanol–water partition coefficient (Wildman–Crippen LogP) is 2.72. The van der Waals surface area contributed by atoms with Crippen molar-refractivity contribution in [3.05, 3.63) is 29.3 Å². The number of benzene rings is 1. The van der Waals surface area contributed by atoms with Crippen LogP contribution in [0.4, 0.5) is 5.69 Å². The van der Waals surface area contributed by atoms with Crippen molar-refractivity contribution < 1.29 is 4.74 Å². The molecule has 3 nitrogen and oxygen atoms in total. The van der Waals surface area contributed by atoms with Crippen molar-refractivity contribution in [1.82, 2.24) is 5.32 Å². The van der Waals surface area contributed by atoms with Crippen LogP contribution >= 0.6 is 0 Å². The van der Waals surface area contributed by atoms with Crippen LogP contribution in [0.15, 0.2) is 18.2 Å². The molecular weight excluding hydrogens is 236 g/mol. The van der Waals surface area contributed by atoms with Crippen molar-refractivity contribution in [3.63, 3.8) is 0 Å². The molecule has 106 valence electrons. The van der Waals surface area contributed by atoms with Crippen molar-refractivity contribution in [2.24, 2.45) is 0 Å². The summed E-state index contributed by atoms with van der Waals surface area (Å²) in [6.45, 7) is 12.5. The molecule has 2 rings (SSSR count). The molecule has 1 aromatic rings. The molecule has 1 aliphatic rings. The van der Waals surface area contributed by atoms with Crippen molar-refractivity contribution in [2.45, 2.75) is 46.4 Å². The summed E-state index contributed by atoms with van der Waals surface area (Å²) in [5, 5.41) is 3.44. The third-order valence-corrected chi connectivity index (χ3v) is 3.56. The topological polar surface area (TPSA) is 24.5 Å². The maximum atomic E-state index is 5.83. The van der Waals surface area contributed by atoms with Gasteiger partial charge in [-0.25, -0.2) is 0 Å². The maximum Gasteiger partial charge on any atom is 0.0726 e. The first-order valence-corrected chi connectivity index (χ1v) is 7.30. The van der Waals surface area contributed by atoms with E-state index < -0.39 is 0 Å². The smallest absolute Gasteiger partial charge is 0.0726 e. The van der Waals surface area contributed by atoms with Gasteiger partial charge >= 0.3 is 0 Å². The van der Waals surface area contributed by atoms with Crippen molar-refractivity contribution in [2.75, 3.05) is 24.5 Å². The SMILES string of the molecule is CCNCc1cc(C)ccc1N1CC(C)OC(C)C1. The zero-order chi connectivity index (χ0) is 13.8. The minimum Gasteiger partial charge on any atom is -0.372 e. The lowest BCUT2D eigenvalue weighted by Gasteiger charge is -2.38. The van der Waals surface area contributed by atoms with Crippen LogP contribution in [0.25, 0.3) is 0 Å². The van der Waals surface area contributed by atoms with E-state index in [0.29, 0.717) is 12.2 Å². The highest BCUT2D eigenvalue weighted by Crippen LogP contribution is 2.25. The van der Waals surface area contributed by atoms with E-state index in [4.69, 9.17) is 4.74 Å². The minimum atomic E-state index is 0.303. The first-order chi connectivity index (χ1) is 9.10. The van der Waals surface area contributed by atoms with Crippen molar-refractivity contribution in [3.8, 4) is 0 Å². The molecule has 2 atom stereocenters. The van der Waals surface area contributed by atoms with Gasteiger partial charge in [-0.05, 0) is 38.9 Å². The number of rotatable bonds is 4. The fraction of sp³-hybridized carbons (Fsp3) is 0.625. The molecule has 1 saturated heterocycles. The molecule has 1 aromatic carbocycles. The number of aryl methyl sites for hydroxylation is 1. The number of morpholine rings is 1. The van der Waals surface area contributed by atoms with Crippen LogP contribution in [0.5, 0.6) is 0 Å². The van der Waals surface area contributed by atoms with Crippen LogP contribution in [0, 0.1) is 6.92 Å². The molecule has 0 spiro atoms. The standard InChI is InChI=1S/C16H26N2O/c1-5-17-9-15-8-12(2)6-7-16(15)18-10-13(3)19-14(4)11-18/h6-8,13-14,17H,5,9-11H2,1-4H3. The molecule has 1 fully saturated rings. The lowest BCUT2D eigenvalue weighted by molar-refractivity contribution is -0.00526. The highest BCUT2D eigenvalue weighted by Gasteiger charge is 2.23. The van der Waals surface area contributed by atoms with Crippen molar-refractivity contribution >= 4 is 5.69 Å². The quantitative estimate of drug-likeness (QED) is 0.903. The minimum absolute atomic E-state index is 0.303. The largest absolute Gasteiger partial charge is 0.372 e. The number of hydrogen-bond acceptors (Lipinski definition) is 3. The van der Waals surface area contributed by atoms with Gasteiger partial charge in [0.05, 0.1) is 12.2 Å². The molecule has 3 heteroatoms. The number of hydrogen-bond donors (Lipinski definition) is 1. The van der Waals surface area contributed by atoms with Gasteiger partial charge < -0.3 is 15.0 Å². The van der Waals surface area contributed by atoms with Crippen LogP contribution in [0.2, 0.25) is 0 Å². The molecule has 0 amide bonds. The van der Waals surface area contributed by atoms with E-state index in [2.05, 4.69) is 56.1 Å². The monoisotopic (exact) mass is 262 g/mol. The zero-order valence-corrected chi connectivity index (χ0v) is 12.6. The van der Waals surface area contributed by atoms with E-state index in [1.54, 1.807) is 0 Å². The normalized spacial score (nSPS) is 23.7. The highest BCUT2D eigenvalue weighted by atomic mass is 16.5. The Morgan fingerprint density at radius 2 is 1.95 bits per heavy atom. The van der Waals surface area contributed by atoms with Crippen LogP contribution in [0.1, 0.15) is 31.9 Å². The van der Waals surface area contributed by atoms with Gasteiger partial charge in [-0.2, -0.15) is 0 Å². The summed E-state index contributed by atoms with van der Waals surface area (Å²) in [5.74, 6) is 0. The Morgan fingerprint density at radius 1 is 1.26 bits per heavy atom. The van der Waals surface area contributed by atoms with Gasteiger partial charge in [0.15, 0.2) is 0 Å². The second kappa shape index (κ2) is 6.40. The number of nitrogens with one attached hydrogen (secondary N) is 1. The molecule has 1 heterocycles. The summed E-state index contributed by atoms with van der Waals surface area (Å²) in [6, 6.07) is 6.76. The number of anilines is 1. The Balaban J connectivity index is 2.22. The molecule has 0 aromatic heterocycles. The van der Waals surface area contributed by atoms with Crippen molar-refractivity contribution in [1.29, 1.82) is 0 Å². The van der Waals surface area contributed by atoms with Gasteiger partial charge in [-0.3, -0.25) is 0 Å². The molecule has 0 radical (unpaired) electrons. The van der Waals surface area contributed by atoms with Gasteiger partial charge in [0.2, 0.25) is 0 Å². The molecule has 1 aliphatic heterocycles. The van der Waals surface area contributed by atoms with E-state index in [1.165, 1.54) is 16.8 Å². The zero-order valence-electron chi connectivity index (χ0n) is 12.6. The number of nitrogens with zero attached hydrogens (tertiary/aromatic N) is 1. The summed E-state index contributed by atoms with van der Waals surface area (Å²) < 4.78 is 5.83. The van der Waals surface area contributed by atoms with Gasteiger partial charge in [0, 0.05) is 25.3 Å². The molecule has 0 bridgehead atoms.